The highest BCUT2D eigenvalue weighted by atomic mass is 35.5. The molecule has 0 aromatic carbocycles. The third-order valence-electron chi connectivity index (χ3n) is 8.20. The zero-order valence-electron chi connectivity index (χ0n) is 28.3. The van der Waals surface area contributed by atoms with Gasteiger partial charge in [0, 0.05) is 25.2 Å². The number of hydrogen-bond donors (Lipinski definition) is 2. The third-order valence-corrected chi connectivity index (χ3v) is 8.20. The Morgan fingerprint density at radius 1 is 0.415 bits per heavy atom. The van der Waals surface area contributed by atoms with E-state index in [0.29, 0.717) is 0 Å². The van der Waals surface area contributed by atoms with E-state index in [9.17, 15) is 0 Å². The van der Waals surface area contributed by atoms with Gasteiger partial charge in [-0.1, -0.05) is 65.2 Å². The van der Waals surface area contributed by atoms with E-state index in [1.54, 1.807) is 9.80 Å². The Hall–Kier alpha value is 0.340. The van der Waals surface area contributed by atoms with Gasteiger partial charge in [-0.15, -0.1) is 0 Å². The molecule has 0 atom stereocenters. The number of unbranched alkanes of at least 4 members (excludes halogenated alkanes) is 8. The van der Waals surface area contributed by atoms with Crippen molar-refractivity contribution in [1.82, 2.24) is 0 Å². The fourth-order valence-corrected chi connectivity index (χ4v) is 5.06. The lowest BCUT2D eigenvalue weighted by atomic mass is 9.84. The number of quaternary nitrogens is 2. The predicted molar refractivity (Wildman–Crippen MR) is 166 cm³/mol. The molecule has 0 aromatic rings. The van der Waals surface area contributed by atoms with Crippen LogP contribution in [0.2, 0.25) is 0 Å². The Labute approximate surface area is 269 Å². The molecule has 0 amide bonds. The lowest BCUT2D eigenvalue weighted by Gasteiger charge is -2.34. The molecule has 41 heavy (non-hydrogen) atoms. The van der Waals surface area contributed by atoms with Crippen molar-refractivity contribution in [2.24, 2.45) is 5.41 Å². The highest BCUT2D eigenvalue weighted by molar-refractivity contribution is 4.80. The molecule has 8 heteroatoms. The molecule has 0 aliphatic heterocycles. The van der Waals surface area contributed by atoms with Gasteiger partial charge in [0.25, 0.3) is 0 Å². The molecule has 0 heterocycles. The first-order chi connectivity index (χ1) is 19.1. The van der Waals surface area contributed by atoms with Crippen LogP contribution in [0.3, 0.4) is 0 Å². The average molecular weight is 632 g/mol. The van der Waals surface area contributed by atoms with E-state index in [-0.39, 0.29) is 30.2 Å². The minimum Gasteiger partial charge on any atom is -1.00 e. The molecule has 0 saturated heterocycles. The van der Waals surface area contributed by atoms with Crippen molar-refractivity contribution < 1.29 is 53.6 Å². The lowest BCUT2D eigenvalue weighted by molar-refractivity contribution is -0.896. The van der Waals surface area contributed by atoms with Crippen LogP contribution in [0.15, 0.2) is 0 Å². The van der Waals surface area contributed by atoms with Crippen molar-refractivity contribution >= 4 is 0 Å². The van der Waals surface area contributed by atoms with E-state index in [2.05, 4.69) is 41.5 Å². The van der Waals surface area contributed by atoms with Crippen molar-refractivity contribution in [1.29, 1.82) is 0 Å². The van der Waals surface area contributed by atoms with E-state index in [1.807, 2.05) is 0 Å². The fraction of sp³-hybridized carbons (Fsp3) is 1.00. The lowest BCUT2D eigenvalue weighted by Crippen LogP contribution is -3.11. The van der Waals surface area contributed by atoms with Crippen LogP contribution < -0.4 is 34.6 Å². The molecule has 0 bridgehead atoms. The van der Waals surface area contributed by atoms with Crippen molar-refractivity contribution in [2.75, 3.05) is 92.1 Å². The number of nitrogens with one attached hydrogen (secondary N) is 2. The maximum atomic E-state index is 6.39. The zero-order valence-corrected chi connectivity index (χ0v) is 29.8. The number of hydrogen-bond acceptors (Lipinski definition) is 4. The van der Waals surface area contributed by atoms with E-state index in [4.69, 9.17) is 18.9 Å². The van der Waals surface area contributed by atoms with Crippen LogP contribution in [0.5, 0.6) is 0 Å². The zero-order chi connectivity index (χ0) is 28.9. The van der Waals surface area contributed by atoms with Gasteiger partial charge in [-0.05, 0) is 53.4 Å². The number of rotatable bonds is 32. The molecule has 0 unspecified atom stereocenters. The molecule has 0 saturated carbocycles. The average Bonchev–Trinajstić information content (AvgIpc) is 2.96. The molecular weight excluding hydrogens is 559 g/mol. The highest BCUT2D eigenvalue weighted by Gasteiger charge is 2.31. The Balaban J connectivity index is -0.00000722. The van der Waals surface area contributed by atoms with Crippen molar-refractivity contribution in [3.05, 3.63) is 0 Å². The summed E-state index contributed by atoms with van der Waals surface area (Å²) < 4.78 is 25.0. The summed E-state index contributed by atoms with van der Waals surface area (Å²) in [5, 5.41) is 0. The molecule has 0 spiro atoms. The van der Waals surface area contributed by atoms with Crippen LogP contribution in [0.4, 0.5) is 0 Å². The van der Waals surface area contributed by atoms with Gasteiger partial charge >= 0.3 is 0 Å². The normalized spacial score (nSPS) is 11.7. The van der Waals surface area contributed by atoms with Crippen molar-refractivity contribution in [3.8, 4) is 0 Å². The fourth-order valence-electron chi connectivity index (χ4n) is 5.06. The van der Waals surface area contributed by atoms with Gasteiger partial charge in [-0.25, -0.2) is 0 Å². The van der Waals surface area contributed by atoms with Gasteiger partial charge in [0.2, 0.25) is 0 Å². The molecular formula is C33H72Cl2N2O4. The minimum atomic E-state index is -0.0670. The van der Waals surface area contributed by atoms with Gasteiger partial charge in [0.15, 0.2) is 0 Å². The summed E-state index contributed by atoms with van der Waals surface area (Å²) in [5.41, 5.74) is -0.0670. The van der Waals surface area contributed by atoms with E-state index in [0.717, 1.165) is 118 Å². The number of halogens is 2. The van der Waals surface area contributed by atoms with Crippen molar-refractivity contribution in [2.45, 2.75) is 119 Å². The van der Waals surface area contributed by atoms with Crippen LogP contribution in [0.1, 0.15) is 119 Å². The molecule has 0 aromatic heterocycles. The largest absolute Gasteiger partial charge is 1.00 e. The molecule has 2 N–H and O–H groups in total. The van der Waals surface area contributed by atoms with Crippen LogP contribution in [0, 0.1) is 5.41 Å². The van der Waals surface area contributed by atoms with Crippen LogP contribution in [-0.4, -0.2) is 92.1 Å². The summed E-state index contributed by atoms with van der Waals surface area (Å²) in [6.07, 6.45) is 14.7. The molecule has 6 nitrogen and oxygen atoms in total. The molecule has 0 aliphatic carbocycles. The second kappa shape index (κ2) is 34.8. The first kappa shape index (κ1) is 45.8. The van der Waals surface area contributed by atoms with Gasteiger partial charge in [0.1, 0.15) is 13.1 Å². The van der Waals surface area contributed by atoms with Gasteiger partial charge < -0.3 is 53.6 Å². The van der Waals surface area contributed by atoms with E-state index < -0.39 is 0 Å². The maximum Gasteiger partial charge on any atom is 0.101 e. The highest BCUT2D eigenvalue weighted by Crippen LogP contribution is 2.28. The molecule has 252 valence electrons. The van der Waals surface area contributed by atoms with Gasteiger partial charge in [-0.3, -0.25) is 0 Å². The van der Waals surface area contributed by atoms with Gasteiger partial charge in [0.05, 0.1) is 59.2 Å². The van der Waals surface area contributed by atoms with Crippen LogP contribution >= 0.6 is 0 Å². The maximum absolute atomic E-state index is 6.39. The summed E-state index contributed by atoms with van der Waals surface area (Å²) in [6, 6.07) is 0. The SMILES string of the molecule is CCCCCCCCOCC(CCCCCOCCCC)(COCC[NH+](CC)CC)COCC[NH+](CC)CC.[Cl-].[Cl-]. The minimum absolute atomic E-state index is 0. The number of likely N-dealkylation sites (N-methyl/N-ethyl adjacent to an activating group) is 2. The molecule has 0 fully saturated rings. The first-order valence-corrected chi connectivity index (χ1v) is 17.1. The smallest absolute Gasteiger partial charge is 0.101 e. The summed E-state index contributed by atoms with van der Waals surface area (Å²) >= 11 is 0. The Bertz CT molecular complexity index is 442. The summed E-state index contributed by atoms with van der Waals surface area (Å²) in [7, 11) is 0. The standard InChI is InChI=1S/C33H70N2O4.2ClH/c1-7-13-15-16-17-20-27-37-30-33(31-38-28-23-34(9-3)10-4,32-39-29-24-35(11-5)12-6)22-19-18-21-26-36-25-14-8-2;;/h7-32H2,1-6H3;2*1H. The van der Waals surface area contributed by atoms with Crippen molar-refractivity contribution in [3.63, 3.8) is 0 Å². The Kier molecular flexibility index (Phi) is 38.9. The monoisotopic (exact) mass is 630 g/mol. The van der Waals surface area contributed by atoms with E-state index in [1.165, 1.54) is 51.4 Å². The van der Waals surface area contributed by atoms with Gasteiger partial charge in [-0.2, -0.15) is 0 Å². The molecule has 0 radical (unpaired) electrons. The summed E-state index contributed by atoms with van der Waals surface area (Å²) in [4.78, 5) is 3.20. The Morgan fingerprint density at radius 2 is 0.805 bits per heavy atom. The van der Waals surface area contributed by atoms with Crippen LogP contribution in [0.25, 0.3) is 0 Å². The molecule has 0 aliphatic rings. The van der Waals surface area contributed by atoms with Crippen LogP contribution in [-0.2, 0) is 18.9 Å². The summed E-state index contributed by atoms with van der Waals surface area (Å²) in [5.74, 6) is 0. The topological polar surface area (TPSA) is 45.8 Å². The Morgan fingerprint density at radius 3 is 1.29 bits per heavy atom. The summed E-state index contributed by atoms with van der Waals surface area (Å²) in [6.45, 7) is 26.8. The molecule has 0 rings (SSSR count). The number of ether oxygens (including phenoxy) is 4. The second-order valence-electron chi connectivity index (χ2n) is 11.6. The first-order valence-electron chi connectivity index (χ1n) is 17.1. The third kappa shape index (κ3) is 27.6. The predicted octanol–water partition coefficient (Wildman–Crippen LogP) is -1.38. The quantitative estimate of drug-likeness (QED) is 0.0900. The van der Waals surface area contributed by atoms with E-state index >= 15 is 0 Å². The second-order valence-corrected chi connectivity index (χ2v) is 11.6.